The summed E-state index contributed by atoms with van der Waals surface area (Å²) in [5, 5.41) is 14.1. The highest BCUT2D eigenvalue weighted by Gasteiger charge is 2.05. The summed E-state index contributed by atoms with van der Waals surface area (Å²) in [6.07, 6.45) is 1.42. The van der Waals surface area contributed by atoms with Crippen LogP contribution < -0.4 is 10.6 Å². The van der Waals surface area contributed by atoms with E-state index < -0.39 is 0 Å². The minimum absolute atomic E-state index is 0.0231. The lowest BCUT2D eigenvalue weighted by molar-refractivity contribution is -0.114. The van der Waals surface area contributed by atoms with Crippen molar-refractivity contribution >= 4 is 17.4 Å². The molecule has 0 fully saturated rings. The van der Waals surface area contributed by atoms with Crippen molar-refractivity contribution in [2.45, 2.75) is 6.92 Å². The molecule has 0 aliphatic heterocycles. The van der Waals surface area contributed by atoms with Crippen LogP contribution in [0.1, 0.15) is 11.1 Å². The molecule has 0 unspecified atom stereocenters. The number of halogens is 1. The van der Waals surface area contributed by atoms with E-state index in [1.165, 1.54) is 18.3 Å². The van der Waals surface area contributed by atoms with Gasteiger partial charge in [0, 0.05) is 11.9 Å². The van der Waals surface area contributed by atoms with E-state index >= 15 is 0 Å². The zero-order valence-electron chi connectivity index (χ0n) is 11.4. The summed E-state index contributed by atoms with van der Waals surface area (Å²) in [5.41, 5.74) is 1.45. The van der Waals surface area contributed by atoms with Crippen molar-refractivity contribution in [3.8, 4) is 6.07 Å². The van der Waals surface area contributed by atoms with E-state index in [0.717, 1.165) is 0 Å². The molecule has 0 saturated carbocycles. The van der Waals surface area contributed by atoms with Gasteiger partial charge in [-0.15, -0.1) is 0 Å². The molecule has 0 aliphatic carbocycles. The monoisotopic (exact) mass is 284 g/mol. The maximum Gasteiger partial charge on any atom is 0.243 e. The maximum atomic E-state index is 13.1. The molecule has 6 heteroatoms. The minimum atomic E-state index is -0.312. The second-order valence-corrected chi connectivity index (χ2v) is 4.41. The van der Waals surface area contributed by atoms with E-state index in [0.29, 0.717) is 22.6 Å². The van der Waals surface area contributed by atoms with Gasteiger partial charge in [-0.1, -0.05) is 0 Å². The fraction of sp³-hybridized carbons (Fsp3) is 0.133. The molecular weight excluding hydrogens is 271 g/mol. The Hall–Kier alpha value is -2.94. The molecule has 21 heavy (non-hydrogen) atoms. The number of aryl methyl sites for hydroxylation is 1. The van der Waals surface area contributed by atoms with Crippen molar-refractivity contribution in [1.82, 2.24) is 4.98 Å². The van der Waals surface area contributed by atoms with Crippen molar-refractivity contribution in [2.24, 2.45) is 0 Å². The van der Waals surface area contributed by atoms with E-state index in [2.05, 4.69) is 15.6 Å². The largest absolute Gasteiger partial charge is 0.361 e. The molecular formula is C15H13FN4O. The molecule has 1 aromatic heterocycles. The number of nitrogens with one attached hydrogen (secondary N) is 2. The summed E-state index contributed by atoms with van der Waals surface area (Å²) in [5.74, 6) is -0.0838. The first-order chi connectivity index (χ1) is 10.1. The lowest BCUT2D eigenvalue weighted by Crippen LogP contribution is -2.22. The first kappa shape index (κ1) is 14.5. The number of pyridine rings is 1. The van der Waals surface area contributed by atoms with E-state index in [4.69, 9.17) is 5.26 Å². The first-order valence-corrected chi connectivity index (χ1v) is 6.24. The van der Waals surface area contributed by atoms with Gasteiger partial charge in [0.15, 0.2) is 0 Å². The summed E-state index contributed by atoms with van der Waals surface area (Å²) < 4.78 is 13.1. The summed E-state index contributed by atoms with van der Waals surface area (Å²) in [7, 11) is 0. The summed E-state index contributed by atoms with van der Waals surface area (Å²) in [6.45, 7) is 1.65. The van der Waals surface area contributed by atoms with Crippen LogP contribution >= 0.6 is 0 Å². The van der Waals surface area contributed by atoms with Gasteiger partial charge in [-0.05, 0) is 42.8 Å². The number of carbonyl (C=O) groups is 1. The number of nitrogens with zero attached hydrogens (tertiary/aromatic N) is 2. The van der Waals surface area contributed by atoms with E-state index in [1.54, 1.807) is 25.1 Å². The average molecular weight is 284 g/mol. The third-order valence-corrected chi connectivity index (χ3v) is 2.76. The standard InChI is InChI=1S/C15H13FN4O/c1-10-6-12(3-4-13(10)16)20-15(21)9-19-14-5-2-11(7-17)8-18-14/h2-6,8H,9H2,1H3,(H,18,19)(H,20,21). The number of amides is 1. The Morgan fingerprint density at radius 3 is 2.81 bits per heavy atom. The van der Waals surface area contributed by atoms with Gasteiger partial charge in [-0.3, -0.25) is 4.79 Å². The SMILES string of the molecule is Cc1cc(NC(=O)CNc2ccc(C#N)cn2)ccc1F. The molecule has 1 amide bonds. The Labute approximate surface area is 121 Å². The predicted octanol–water partition coefficient (Wildman–Crippen LogP) is 2.45. The second-order valence-electron chi connectivity index (χ2n) is 4.41. The van der Waals surface area contributed by atoms with Gasteiger partial charge in [0.25, 0.3) is 0 Å². The van der Waals surface area contributed by atoms with Gasteiger partial charge in [0.05, 0.1) is 12.1 Å². The third-order valence-electron chi connectivity index (χ3n) is 2.76. The lowest BCUT2D eigenvalue weighted by atomic mass is 10.2. The zero-order valence-corrected chi connectivity index (χ0v) is 11.4. The number of hydrogen-bond donors (Lipinski definition) is 2. The van der Waals surface area contributed by atoms with Crippen LogP contribution in [0, 0.1) is 24.1 Å². The highest BCUT2D eigenvalue weighted by atomic mass is 19.1. The summed E-state index contributed by atoms with van der Waals surface area (Å²) >= 11 is 0. The molecule has 5 nitrogen and oxygen atoms in total. The minimum Gasteiger partial charge on any atom is -0.361 e. The fourth-order valence-corrected chi connectivity index (χ4v) is 1.66. The lowest BCUT2D eigenvalue weighted by Gasteiger charge is -2.08. The smallest absolute Gasteiger partial charge is 0.243 e. The number of anilines is 2. The normalized spacial score (nSPS) is 9.76. The topological polar surface area (TPSA) is 77.8 Å². The molecule has 1 heterocycles. The fourth-order valence-electron chi connectivity index (χ4n) is 1.66. The molecule has 0 aliphatic rings. The van der Waals surface area contributed by atoms with Crippen LogP contribution in [-0.4, -0.2) is 17.4 Å². The third kappa shape index (κ3) is 4.01. The Balaban J connectivity index is 1.89. The van der Waals surface area contributed by atoms with Gasteiger partial charge >= 0.3 is 0 Å². The van der Waals surface area contributed by atoms with Crippen LogP contribution in [0.5, 0.6) is 0 Å². The van der Waals surface area contributed by atoms with Gasteiger partial charge in [0.1, 0.15) is 17.7 Å². The molecule has 0 spiro atoms. The number of hydrogen-bond acceptors (Lipinski definition) is 4. The molecule has 1 aromatic carbocycles. The Kier molecular flexibility index (Phi) is 4.46. The van der Waals surface area contributed by atoms with Crippen LogP contribution in [0.2, 0.25) is 0 Å². The molecule has 0 bridgehead atoms. The van der Waals surface area contributed by atoms with Crippen molar-refractivity contribution < 1.29 is 9.18 Å². The number of nitriles is 1. The molecule has 0 radical (unpaired) electrons. The molecule has 2 N–H and O–H groups in total. The Morgan fingerprint density at radius 2 is 2.19 bits per heavy atom. The van der Waals surface area contributed by atoms with Gasteiger partial charge in [-0.2, -0.15) is 5.26 Å². The van der Waals surface area contributed by atoms with Gasteiger partial charge < -0.3 is 10.6 Å². The van der Waals surface area contributed by atoms with Crippen molar-refractivity contribution in [2.75, 3.05) is 17.2 Å². The molecule has 2 aromatic rings. The van der Waals surface area contributed by atoms with Gasteiger partial charge in [0.2, 0.25) is 5.91 Å². The van der Waals surface area contributed by atoms with Crippen LogP contribution in [-0.2, 0) is 4.79 Å². The van der Waals surface area contributed by atoms with Crippen LogP contribution in [0.4, 0.5) is 15.9 Å². The van der Waals surface area contributed by atoms with Crippen LogP contribution in [0.25, 0.3) is 0 Å². The van der Waals surface area contributed by atoms with E-state index in [-0.39, 0.29) is 18.3 Å². The highest BCUT2D eigenvalue weighted by molar-refractivity contribution is 5.93. The van der Waals surface area contributed by atoms with Crippen molar-refractivity contribution in [1.29, 1.82) is 5.26 Å². The van der Waals surface area contributed by atoms with E-state index in [1.807, 2.05) is 6.07 Å². The van der Waals surface area contributed by atoms with Crippen LogP contribution in [0.3, 0.4) is 0 Å². The maximum absolute atomic E-state index is 13.1. The van der Waals surface area contributed by atoms with Crippen LogP contribution in [0.15, 0.2) is 36.5 Å². The summed E-state index contributed by atoms with van der Waals surface area (Å²) in [6, 6.07) is 9.56. The first-order valence-electron chi connectivity index (χ1n) is 6.24. The number of benzene rings is 1. The molecule has 0 saturated heterocycles. The molecule has 2 rings (SSSR count). The Bertz CT molecular complexity index is 692. The second kappa shape index (κ2) is 6.48. The van der Waals surface area contributed by atoms with Crippen molar-refractivity contribution in [3.05, 3.63) is 53.5 Å². The average Bonchev–Trinajstić information content (AvgIpc) is 2.49. The molecule has 0 atom stereocenters. The number of aromatic nitrogens is 1. The highest BCUT2D eigenvalue weighted by Crippen LogP contribution is 2.13. The van der Waals surface area contributed by atoms with Crippen molar-refractivity contribution in [3.63, 3.8) is 0 Å². The zero-order chi connectivity index (χ0) is 15.2. The number of carbonyl (C=O) groups excluding carboxylic acids is 1. The quantitative estimate of drug-likeness (QED) is 0.904. The summed E-state index contributed by atoms with van der Waals surface area (Å²) in [4.78, 5) is 15.7. The Morgan fingerprint density at radius 1 is 1.38 bits per heavy atom. The van der Waals surface area contributed by atoms with Gasteiger partial charge in [-0.25, -0.2) is 9.37 Å². The number of rotatable bonds is 4. The predicted molar refractivity (Wildman–Crippen MR) is 77.2 cm³/mol. The van der Waals surface area contributed by atoms with E-state index in [9.17, 15) is 9.18 Å². The molecule has 106 valence electrons.